The second-order valence-electron chi connectivity index (χ2n) is 7.35. The number of unbranched alkanes of at least 4 members (excludes halogenated alkanes) is 6. The van der Waals surface area contributed by atoms with Crippen LogP contribution in [0.4, 0.5) is 0 Å². The first-order valence-electron chi connectivity index (χ1n) is 9.83. The summed E-state index contributed by atoms with van der Waals surface area (Å²) in [5.41, 5.74) is 0. The monoisotopic (exact) mass is 294 g/mol. The predicted molar refractivity (Wildman–Crippen MR) is 92.9 cm³/mol. The van der Waals surface area contributed by atoms with Gasteiger partial charge in [-0.1, -0.05) is 52.4 Å². The Balaban J connectivity index is 1.78. The zero-order valence-corrected chi connectivity index (χ0v) is 14.7. The molecule has 1 radical (unpaired) electrons. The van der Waals surface area contributed by atoms with Gasteiger partial charge in [-0.3, -0.25) is 4.90 Å². The van der Waals surface area contributed by atoms with E-state index >= 15 is 0 Å². The van der Waals surface area contributed by atoms with Crippen molar-refractivity contribution in [1.29, 1.82) is 0 Å². The second-order valence-corrected chi connectivity index (χ2v) is 7.35. The van der Waals surface area contributed by atoms with Gasteiger partial charge in [0.1, 0.15) is 13.1 Å². The fourth-order valence-corrected chi connectivity index (χ4v) is 4.21. The van der Waals surface area contributed by atoms with Crippen molar-refractivity contribution >= 4 is 0 Å². The average molecular weight is 295 g/mol. The number of nitrogens with zero attached hydrogens (tertiary/aromatic N) is 2. The van der Waals surface area contributed by atoms with Gasteiger partial charge >= 0.3 is 0 Å². The number of hydrogen-bond acceptors (Lipinski definition) is 2. The normalized spacial score (nSPS) is 28.4. The smallest absolute Gasteiger partial charge is 0.189 e. The molecule has 0 N–H and O–H groups in total. The Morgan fingerprint density at radius 1 is 0.810 bits per heavy atom. The molecule has 2 heteroatoms. The van der Waals surface area contributed by atoms with E-state index < -0.39 is 0 Å². The van der Waals surface area contributed by atoms with Gasteiger partial charge in [-0.15, -0.1) is 0 Å². The van der Waals surface area contributed by atoms with Crippen LogP contribution in [0, 0.1) is 5.92 Å². The van der Waals surface area contributed by atoms with Crippen molar-refractivity contribution in [2.45, 2.75) is 90.6 Å². The molecule has 0 aromatic rings. The maximum Gasteiger partial charge on any atom is 0.189 e. The van der Waals surface area contributed by atoms with Crippen LogP contribution in [-0.2, 0) is 0 Å². The van der Waals surface area contributed by atoms with Crippen LogP contribution in [0.1, 0.15) is 84.5 Å². The topological polar surface area (TPSA) is 9.14 Å². The molecular weight excluding hydrogens is 256 g/mol. The van der Waals surface area contributed by atoms with E-state index in [1.54, 1.807) is 0 Å². The minimum absolute atomic E-state index is 0.792. The molecule has 3 aliphatic rings. The minimum atomic E-state index is 0.792. The zero-order chi connectivity index (χ0) is 14.9. The van der Waals surface area contributed by atoms with Gasteiger partial charge in [0.05, 0.1) is 0 Å². The first kappa shape index (κ1) is 17.3. The summed E-state index contributed by atoms with van der Waals surface area (Å²) >= 11 is 0. The Hall–Kier alpha value is -0.0800. The van der Waals surface area contributed by atoms with Crippen molar-refractivity contribution < 1.29 is 0 Å². The molecule has 0 aliphatic carbocycles. The third-order valence-electron chi connectivity index (χ3n) is 5.63. The van der Waals surface area contributed by atoms with Crippen molar-refractivity contribution in [3.63, 3.8) is 0 Å². The highest BCUT2D eigenvalue weighted by molar-refractivity contribution is 4.91. The van der Waals surface area contributed by atoms with E-state index in [1.165, 1.54) is 96.8 Å². The van der Waals surface area contributed by atoms with Gasteiger partial charge in [-0.25, -0.2) is 0 Å². The van der Waals surface area contributed by atoms with Gasteiger partial charge < -0.3 is 0 Å². The number of piperidine rings is 3. The van der Waals surface area contributed by atoms with Crippen LogP contribution in [0.15, 0.2) is 0 Å². The molecule has 3 rings (SSSR count). The third-order valence-corrected chi connectivity index (χ3v) is 5.63. The molecule has 123 valence electrons. The molecule has 0 saturated carbocycles. The van der Waals surface area contributed by atoms with Crippen molar-refractivity contribution in [2.75, 3.05) is 26.2 Å². The van der Waals surface area contributed by atoms with E-state index in [0.29, 0.717) is 0 Å². The van der Waals surface area contributed by atoms with Crippen LogP contribution < -0.4 is 4.90 Å². The maximum absolute atomic E-state index is 2.86. The largest absolute Gasteiger partial charge is 0.250 e. The fourth-order valence-electron chi connectivity index (χ4n) is 4.21. The van der Waals surface area contributed by atoms with Gasteiger partial charge in [0.15, 0.2) is 6.17 Å². The van der Waals surface area contributed by atoms with Crippen molar-refractivity contribution in [2.24, 2.45) is 5.92 Å². The first-order chi connectivity index (χ1) is 10.3. The molecule has 3 heterocycles. The number of hydrogen-bond donors (Lipinski definition) is 0. The molecule has 1 atom stereocenters. The van der Waals surface area contributed by atoms with Gasteiger partial charge in [0, 0.05) is 32.4 Å². The van der Waals surface area contributed by atoms with E-state index in [4.69, 9.17) is 0 Å². The highest BCUT2D eigenvalue weighted by atomic mass is 15.4. The summed E-state index contributed by atoms with van der Waals surface area (Å²) in [7, 11) is 0. The van der Waals surface area contributed by atoms with Crippen molar-refractivity contribution in [3.05, 3.63) is 0 Å². The van der Waals surface area contributed by atoms with E-state index in [0.717, 1.165) is 12.1 Å². The molecular formula is C19H38N2+. The van der Waals surface area contributed by atoms with Gasteiger partial charge in [0.25, 0.3) is 0 Å². The molecule has 3 fully saturated rings. The van der Waals surface area contributed by atoms with Crippen molar-refractivity contribution in [1.82, 2.24) is 9.80 Å². The summed E-state index contributed by atoms with van der Waals surface area (Å²) in [6.07, 6.45) is 16.4. The average Bonchev–Trinajstić information content (AvgIpc) is 2.54. The summed E-state index contributed by atoms with van der Waals surface area (Å²) in [4.78, 5) is 5.65. The zero-order valence-electron chi connectivity index (χ0n) is 14.7. The minimum Gasteiger partial charge on any atom is -0.250 e. The molecule has 21 heavy (non-hydrogen) atoms. The molecule has 2 nitrogen and oxygen atoms in total. The number of fused-ring (bicyclic) bond motifs is 3. The predicted octanol–water partition coefficient (Wildman–Crippen LogP) is 4.73. The quantitative estimate of drug-likeness (QED) is 0.395. The molecule has 0 aromatic heterocycles. The van der Waals surface area contributed by atoms with Crippen LogP contribution in [-0.4, -0.2) is 37.2 Å². The molecule has 0 spiro atoms. The van der Waals surface area contributed by atoms with Crippen LogP contribution in [0.5, 0.6) is 0 Å². The van der Waals surface area contributed by atoms with Gasteiger partial charge in [-0.05, 0) is 18.8 Å². The summed E-state index contributed by atoms with van der Waals surface area (Å²) in [5, 5.41) is 0. The molecule has 0 amide bonds. The summed E-state index contributed by atoms with van der Waals surface area (Å²) in [5.74, 6) is 1.04. The lowest BCUT2D eigenvalue weighted by Crippen LogP contribution is -2.60. The molecule has 3 aliphatic heterocycles. The van der Waals surface area contributed by atoms with E-state index in [2.05, 4.69) is 23.6 Å². The van der Waals surface area contributed by atoms with Gasteiger partial charge in [-0.2, -0.15) is 4.90 Å². The lowest BCUT2D eigenvalue weighted by molar-refractivity contribution is 0.0132. The molecule has 0 aromatic carbocycles. The number of rotatable bonds is 11. The fraction of sp³-hybridized carbons (Fsp3) is 1.00. The van der Waals surface area contributed by atoms with E-state index in [-0.39, 0.29) is 0 Å². The SMILES string of the molecule is CCCCCCN(CCCCCC)C1CC2CC[N+]1CC2. The van der Waals surface area contributed by atoms with Crippen LogP contribution >= 0.6 is 0 Å². The summed E-state index contributed by atoms with van der Waals surface area (Å²) < 4.78 is 0. The van der Waals surface area contributed by atoms with Crippen LogP contribution in [0.2, 0.25) is 0 Å². The maximum atomic E-state index is 2.86. The van der Waals surface area contributed by atoms with Crippen LogP contribution in [0.3, 0.4) is 0 Å². The highest BCUT2D eigenvalue weighted by Crippen LogP contribution is 2.32. The Kier molecular flexibility index (Phi) is 8.10. The van der Waals surface area contributed by atoms with Crippen LogP contribution in [0.25, 0.3) is 0 Å². The highest BCUT2D eigenvalue weighted by Gasteiger charge is 2.43. The molecule has 1 unspecified atom stereocenters. The molecule has 2 bridgehead atoms. The second kappa shape index (κ2) is 9.84. The Morgan fingerprint density at radius 3 is 1.81 bits per heavy atom. The Labute approximate surface area is 133 Å². The van der Waals surface area contributed by atoms with E-state index in [9.17, 15) is 0 Å². The lowest BCUT2D eigenvalue weighted by Gasteiger charge is -2.42. The summed E-state index contributed by atoms with van der Waals surface area (Å²) in [6.45, 7) is 10.1. The Morgan fingerprint density at radius 2 is 1.38 bits per heavy atom. The van der Waals surface area contributed by atoms with E-state index in [1.807, 2.05) is 0 Å². The summed E-state index contributed by atoms with van der Waals surface area (Å²) in [6, 6.07) is 0. The standard InChI is InChI=1S/C19H38N2/c1-3-5-7-9-13-20(14-10-8-6-4-2)19-17-18-11-15-21(19)16-12-18/h18-19H,3-17H2,1-2H3/q+1. The lowest BCUT2D eigenvalue weighted by atomic mass is 9.85. The molecule has 3 saturated heterocycles. The third kappa shape index (κ3) is 5.56. The Bertz CT molecular complexity index is 246. The van der Waals surface area contributed by atoms with Crippen molar-refractivity contribution in [3.8, 4) is 0 Å². The van der Waals surface area contributed by atoms with Gasteiger partial charge in [0.2, 0.25) is 0 Å². The first-order valence-corrected chi connectivity index (χ1v) is 9.83.